The highest BCUT2D eigenvalue weighted by Crippen LogP contribution is 2.19. The highest BCUT2D eigenvalue weighted by atomic mass is 16.5. The van der Waals surface area contributed by atoms with Gasteiger partial charge in [0.1, 0.15) is 12.0 Å². The average Bonchev–Trinajstić information content (AvgIpc) is 3.22. The number of aliphatic imine (C=N–C) groups is 1. The second-order valence-corrected chi connectivity index (χ2v) is 6.67. The quantitative estimate of drug-likeness (QED) is 0.328. The molecular weight excluding hydrogens is 364 g/mol. The van der Waals surface area contributed by atoms with Gasteiger partial charge in [-0.05, 0) is 31.5 Å². The average molecular weight is 393 g/mol. The first-order valence-corrected chi connectivity index (χ1v) is 9.90. The van der Waals surface area contributed by atoms with Crippen LogP contribution in [0.2, 0.25) is 0 Å². The summed E-state index contributed by atoms with van der Waals surface area (Å²) in [5.41, 5.74) is 4.13. The topological polar surface area (TPSA) is 71.7 Å². The Labute approximate surface area is 172 Å². The molecule has 2 N–H and O–H groups in total. The van der Waals surface area contributed by atoms with Gasteiger partial charge < -0.3 is 19.8 Å². The molecule has 152 valence electrons. The SMILES string of the molecule is CCNC(=NCc1coc(-c2ccc(C)cc2)n1)NCCOCc1ccccc1. The van der Waals surface area contributed by atoms with Gasteiger partial charge in [-0.2, -0.15) is 0 Å². The van der Waals surface area contributed by atoms with Gasteiger partial charge >= 0.3 is 0 Å². The van der Waals surface area contributed by atoms with Crippen molar-refractivity contribution in [3.05, 3.63) is 77.7 Å². The van der Waals surface area contributed by atoms with Gasteiger partial charge in [-0.25, -0.2) is 9.98 Å². The van der Waals surface area contributed by atoms with E-state index in [9.17, 15) is 0 Å². The third-order valence-corrected chi connectivity index (χ3v) is 4.24. The van der Waals surface area contributed by atoms with Crippen LogP contribution in [0, 0.1) is 6.92 Å². The van der Waals surface area contributed by atoms with Gasteiger partial charge in [0.2, 0.25) is 5.89 Å². The molecule has 3 aromatic rings. The third-order valence-electron chi connectivity index (χ3n) is 4.24. The molecule has 6 nitrogen and oxygen atoms in total. The molecule has 1 aromatic heterocycles. The predicted molar refractivity (Wildman–Crippen MR) is 116 cm³/mol. The molecule has 0 bridgehead atoms. The summed E-state index contributed by atoms with van der Waals surface area (Å²) < 4.78 is 11.3. The van der Waals surface area contributed by atoms with Gasteiger partial charge in [-0.1, -0.05) is 48.0 Å². The van der Waals surface area contributed by atoms with Gasteiger partial charge in [0, 0.05) is 18.7 Å². The minimum atomic E-state index is 0.440. The van der Waals surface area contributed by atoms with E-state index >= 15 is 0 Å². The zero-order chi connectivity index (χ0) is 20.3. The van der Waals surface area contributed by atoms with Crippen LogP contribution in [0.5, 0.6) is 0 Å². The summed E-state index contributed by atoms with van der Waals surface area (Å²) in [5, 5.41) is 6.51. The lowest BCUT2D eigenvalue weighted by Crippen LogP contribution is -2.39. The molecule has 1 heterocycles. The summed E-state index contributed by atoms with van der Waals surface area (Å²) in [6.07, 6.45) is 1.66. The van der Waals surface area contributed by atoms with Gasteiger partial charge in [0.25, 0.3) is 0 Å². The maximum absolute atomic E-state index is 5.70. The second-order valence-electron chi connectivity index (χ2n) is 6.67. The van der Waals surface area contributed by atoms with E-state index in [1.165, 1.54) is 11.1 Å². The maximum atomic E-state index is 5.70. The van der Waals surface area contributed by atoms with E-state index in [0.717, 1.165) is 23.8 Å². The minimum Gasteiger partial charge on any atom is -0.444 e. The molecule has 6 heteroatoms. The monoisotopic (exact) mass is 392 g/mol. The van der Waals surface area contributed by atoms with Crippen LogP contribution < -0.4 is 10.6 Å². The number of hydrogen-bond acceptors (Lipinski definition) is 4. The number of nitrogens with zero attached hydrogens (tertiary/aromatic N) is 2. The van der Waals surface area contributed by atoms with E-state index in [1.54, 1.807) is 6.26 Å². The summed E-state index contributed by atoms with van der Waals surface area (Å²) >= 11 is 0. The van der Waals surface area contributed by atoms with Crippen LogP contribution in [0.3, 0.4) is 0 Å². The number of ether oxygens (including phenoxy) is 1. The maximum Gasteiger partial charge on any atom is 0.226 e. The number of benzene rings is 2. The first-order chi connectivity index (χ1) is 14.2. The van der Waals surface area contributed by atoms with Gasteiger partial charge in [-0.15, -0.1) is 0 Å². The van der Waals surface area contributed by atoms with Crippen LogP contribution in [-0.2, 0) is 17.9 Å². The van der Waals surface area contributed by atoms with E-state index < -0.39 is 0 Å². The number of hydrogen-bond donors (Lipinski definition) is 2. The van der Waals surface area contributed by atoms with Crippen molar-refractivity contribution in [1.29, 1.82) is 0 Å². The Morgan fingerprint density at radius 1 is 1.07 bits per heavy atom. The summed E-state index contributed by atoms with van der Waals surface area (Å²) in [7, 11) is 0. The van der Waals surface area contributed by atoms with Crippen LogP contribution in [-0.4, -0.2) is 30.6 Å². The molecule has 0 spiro atoms. The van der Waals surface area contributed by atoms with Crippen LogP contribution in [0.4, 0.5) is 0 Å². The lowest BCUT2D eigenvalue weighted by Gasteiger charge is -2.11. The number of nitrogens with one attached hydrogen (secondary N) is 2. The molecule has 29 heavy (non-hydrogen) atoms. The van der Waals surface area contributed by atoms with Gasteiger partial charge in [0.15, 0.2) is 5.96 Å². The number of aryl methyl sites for hydroxylation is 1. The summed E-state index contributed by atoms with van der Waals surface area (Å²) in [6, 6.07) is 18.3. The Morgan fingerprint density at radius 2 is 1.86 bits per heavy atom. The lowest BCUT2D eigenvalue weighted by molar-refractivity contribution is 0.125. The first kappa shape index (κ1) is 20.6. The van der Waals surface area contributed by atoms with Gasteiger partial charge in [0.05, 0.1) is 19.8 Å². The van der Waals surface area contributed by atoms with Crippen LogP contribution >= 0.6 is 0 Å². The number of guanidine groups is 1. The van der Waals surface area contributed by atoms with E-state index in [2.05, 4.69) is 39.7 Å². The van der Waals surface area contributed by atoms with E-state index in [0.29, 0.717) is 32.2 Å². The van der Waals surface area contributed by atoms with Crippen molar-refractivity contribution < 1.29 is 9.15 Å². The molecular formula is C23H28N4O2. The zero-order valence-corrected chi connectivity index (χ0v) is 17.0. The third kappa shape index (κ3) is 6.76. The minimum absolute atomic E-state index is 0.440. The Hall–Kier alpha value is -3.12. The predicted octanol–water partition coefficient (Wildman–Crippen LogP) is 3.92. The number of oxazole rings is 1. The van der Waals surface area contributed by atoms with Crippen molar-refractivity contribution in [1.82, 2.24) is 15.6 Å². The molecule has 0 amide bonds. The standard InChI is InChI=1S/C23H28N4O2/c1-3-24-23(25-13-14-28-16-19-7-5-4-6-8-19)26-15-21-17-29-22(27-21)20-11-9-18(2)10-12-20/h4-12,17H,3,13-16H2,1-2H3,(H2,24,25,26). The van der Waals surface area contributed by atoms with Gasteiger partial charge in [-0.3, -0.25) is 0 Å². The molecule has 0 unspecified atom stereocenters. The molecule has 0 saturated carbocycles. The van der Waals surface area contributed by atoms with Crippen molar-refractivity contribution in [2.45, 2.75) is 27.0 Å². The smallest absolute Gasteiger partial charge is 0.226 e. The van der Waals surface area contributed by atoms with E-state index in [1.807, 2.05) is 49.4 Å². The number of rotatable bonds is 9. The van der Waals surface area contributed by atoms with Crippen molar-refractivity contribution in [2.75, 3.05) is 19.7 Å². The zero-order valence-electron chi connectivity index (χ0n) is 17.0. The van der Waals surface area contributed by atoms with Crippen molar-refractivity contribution >= 4 is 5.96 Å². The van der Waals surface area contributed by atoms with Crippen LogP contribution in [0.25, 0.3) is 11.5 Å². The summed E-state index contributed by atoms with van der Waals surface area (Å²) in [5.74, 6) is 1.35. The van der Waals surface area contributed by atoms with E-state index in [-0.39, 0.29) is 0 Å². The lowest BCUT2D eigenvalue weighted by atomic mass is 10.1. The molecule has 0 aliphatic rings. The second kappa shape index (κ2) is 11.0. The van der Waals surface area contributed by atoms with E-state index in [4.69, 9.17) is 9.15 Å². The number of aromatic nitrogens is 1. The Morgan fingerprint density at radius 3 is 2.62 bits per heavy atom. The normalized spacial score (nSPS) is 11.4. The molecule has 0 aliphatic carbocycles. The molecule has 3 rings (SSSR count). The van der Waals surface area contributed by atoms with Crippen molar-refractivity contribution in [2.24, 2.45) is 4.99 Å². The fraction of sp³-hybridized carbons (Fsp3) is 0.304. The molecule has 2 aromatic carbocycles. The highest BCUT2D eigenvalue weighted by molar-refractivity contribution is 5.79. The summed E-state index contributed by atoms with van der Waals surface area (Å²) in [4.78, 5) is 9.11. The van der Waals surface area contributed by atoms with Crippen LogP contribution in [0.15, 0.2) is 70.3 Å². The fourth-order valence-electron chi connectivity index (χ4n) is 2.72. The molecule has 0 atom stereocenters. The Balaban J connectivity index is 1.46. The van der Waals surface area contributed by atoms with Crippen molar-refractivity contribution in [3.63, 3.8) is 0 Å². The van der Waals surface area contributed by atoms with Crippen molar-refractivity contribution in [3.8, 4) is 11.5 Å². The Kier molecular flexibility index (Phi) is 7.83. The molecule has 0 radical (unpaired) electrons. The first-order valence-electron chi connectivity index (χ1n) is 9.90. The largest absolute Gasteiger partial charge is 0.444 e. The fourth-order valence-corrected chi connectivity index (χ4v) is 2.72. The highest BCUT2D eigenvalue weighted by Gasteiger charge is 2.06. The summed E-state index contributed by atoms with van der Waals surface area (Å²) in [6.45, 7) is 7.19. The molecule has 0 saturated heterocycles. The Bertz CT molecular complexity index is 889. The molecule has 0 fully saturated rings. The molecule has 0 aliphatic heterocycles. The van der Waals surface area contributed by atoms with Crippen LogP contribution in [0.1, 0.15) is 23.7 Å².